The lowest BCUT2D eigenvalue weighted by Crippen LogP contribution is -2.37. The van der Waals surface area contributed by atoms with Crippen LogP contribution in [0.5, 0.6) is 11.5 Å². The van der Waals surface area contributed by atoms with Crippen molar-refractivity contribution in [3.8, 4) is 11.5 Å². The minimum Gasteiger partial charge on any atom is -0.508 e. The molecule has 2 fully saturated rings. The zero-order valence-electron chi connectivity index (χ0n) is 16.5. The van der Waals surface area contributed by atoms with Gasteiger partial charge in [-0.25, -0.2) is 0 Å². The van der Waals surface area contributed by atoms with Crippen LogP contribution in [0.4, 0.5) is 0 Å². The van der Waals surface area contributed by atoms with Crippen LogP contribution in [0.3, 0.4) is 0 Å². The fraction of sp³-hybridized carbons (Fsp3) is 0.304. The SMILES string of the molecule is COc1ccc(/C(O)=C2/C(=O)C(=O)N(C3CCCC3)C2c2cccc(O)c2)cc1Cl. The normalized spacial score (nSPS) is 21.4. The number of aliphatic hydroxyl groups is 1. The zero-order valence-corrected chi connectivity index (χ0v) is 17.2. The molecule has 0 bridgehead atoms. The number of hydrogen-bond donors (Lipinski definition) is 2. The number of carbonyl (C=O) groups is 2. The van der Waals surface area contributed by atoms with E-state index in [1.165, 1.54) is 25.3 Å². The third-order valence-corrected chi connectivity index (χ3v) is 6.10. The summed E-state index contributed by atoms with van der Waals surface area (Å²) in [6, 6.07) is 10.3. The van der Waals surface area contributed by atoms with Crippen LogP contribution >= 0.6 is 11.6 Å². The molecule has 156 valence electrons. The van der Waals surface area contributed by atoms with Crippen molar-refractivity contribution < 1.29 is 24.5 Å². The summed E-state index contributed by atoms with van der Waals surface area (Å²) in [6.07, 6.45) is 3.57. The minimum absolute atomic E-state index is 0.00117. The molecule has 2 aliphatic rings. The molecule has 1 amide bonds. The molecule has 0 spiro atoms. The predicted octanol–water partition coefficient (Wildman–Crippen LogP) is 4.42. The highest BCUT2D eigenvalue weighted by atomic mass is 35.5. The molecule has 7 heteroatoms. The average molecular weight is 428 g/mol. The van der Waals surface area contributed by atoms with E-state index in [4.69, 9.17) is 16.3 Å². The fourth-order valence-corrected chi connectivity index (χ4v) is 4.66. The number of hydrogen-bond acceptors (Lipinski definition) is 5. The third kappa shape index (κ3) is 3.41. The number of aliphatic hydroxyl groups excluding tert-OH is 1. The zero-order chi connectivity index (χ0) is 21.4. The van der Waals surface area contributed by atoms with Crippen LogP contribution in [0, 0.1) is 0 Å². The van der Waals surface area contributed by atoms with Gasteiger partial charge in [-0.2, -0.15) is 0 Å². The van der Waals surface area contributed by atoms with Gasteiger partial charge in [0.2, 0.25) is 0 Å². The van der Waals surface area contributed by atoms with Crippen LogP contribution in [-0.2, 0) is 9.59 Å². The van der Waals surface area contributed by atoms with Gasteiger partial charge >= 0.3 is 0 Å². The number of aromatic hydroxyl groups is 1. The number of likely N-dealkylation sites (tertiary alicyclic amines) is 1. The standard InChI is InChI=1S/C23H22ClNO5/c1-30-18-10-9-14(12-17(18)24)21(27)19-20(13-5-4-8-16(26)11-13)25(23(29)22(19)28)15-6-2-3-7-15/h4-5,8-12,15,20,26-27H,2-3,6-7H2,1H3/b21-19-. The number of phenolic OH excluding ortho intramolecular Hbond substituents is 1. The van der Waals surface area contributed by atoms with Crippen molar-refractivity contribution in [2.45, 2.75) is 37.8 Å². The van der Waals surface area contributed by atoms with E-state index < -0.39 is 17.7 Å². The van der Waals surface area contributed by atoms with Gasteiger partial charge in [0, 0.05) is 11.6 Å². The largest absolute Gasteiger partial charge is 0.508 e. The van der Waals surface area contributed by atoms with E-state index >= 15 is 0 Å². The maximum atomic E-state index is 13.0. The number of ether oxygens (including phenoxy) is 1. The van der Waals surface area contributed by atoms with Crippen molar-refractivity contribution in [3.05, 3.63) is 64.2 Å². The van der Waals surface area contributed by atoms with E-state index in [0.29, 0.717) is 16.9 Å². The minimum atomic E-state index is -0.777. The summed E-state index contributed by atoms with van der Waals surface area (Å²) < 4.78 is 5.14. The topological polar surface area (TPSA) is 87.1 Å². The molecule has 2 N–H and O–H groups in total. The number of rotatable bonds is 4. The highest BCUT2D eigenvalue weighted by molar-refractivity contribution is 6.46. The van der Waals surface area contributed by atoms with E-state index in [2.05, 4.69) is 0 Å². The van der Waals surface area contributed by atoms with Gasteiger partial charge < -0.3 is 19.8 Å². The second-order valence-electron chi connectivity index (χ2n) is 7.59. The predicted molar refractivity (Wildman–Crippen MR) is 113 cm³/mol. The molecule has 4 rings (SSSR count). The Hall–Kier alpha value is -2.99. The Labute approximate surface area is 179 Å². The number of halogens is 1. The van der Waals surface area contributed by atoms with Crippen molar-refractivity contribution in [1.29, 1.82) is 0 Å². The molecule has 30 heavy (non-hydrogen) atoms. The highest BCUT2D eigenvalue weighted by Gasteiger charge is 2.49. The van der Waals surface area contributed by atoms with Gasteiger partial charge in [0.15, 0.2) is 0 Å². The van der Waals surface area contributed by atoms with Gasteiger partial charge in [-0.3, -0.25) is 9.59 Å². The second-order valence-corrected chi connectivity index (χ2v) is 8.00. The smallest absolute Gasteiger partial charge is 0.295 e. The van der Waals surface area contributed by atoms with Gasteiger partial charge in [-0.15, -0.1) is 0 Å². The number of carbonyl (C=O) groups excluding carboxylic acids is 2. The lowest BCUT2D eigenvalue weighted by molar-refractivity contribution is -0.141. The van der Waals surface area contributed by atoms with Crippen molar-refractivity contribution in [3.63, 3.8) is 0 Å². The molecular weight excluding hydrogens is 406 g/mol. The number of benzene rings is 2. The van der Waals surface area contributed by atoms with Crippen molar-refractivity contribution >= 4 is 29.1 Å². The Morgan fingerprint density at radius 1 is 1.13 bits per heavy atom. The summed E-state index contributed by atoms with van der Waals surface area (Å²) in [5.74, 6) is -1.20. The van der Waals surface area contributed by atoms with E-state index in [0.717, 1.165) is 25.7 Å². The van der Waals surface area contributed by atoms with Crippen LogP contribution in [-0.4, -0.2) is 40.0 Å². The fourth-order valence-electron chi connectivity index (χ4n) is 4.40. The Bertz CT molecular complexity index is 1040. The monoisotopic (exact) mass is 427 g/mol. The Morgan fingerprint density at radius 3 is 2.50 bits per heavy atom. The first kappa shape index (κ1) is 20.3. The molecule has 1 saturated carbocycles. The summed E-state index contributed by atoms with van der Waals surface area (Å²) in [4.78, 5) is 27.6. The summed E-state index contributed by atoms with van der Waals surface area (Å²) in [5, 5.41) is 21.3. The maximum Gasteiger partial charge on any atom is 0.295 e. The number of methoxy groups -OCH3 is 1. The quantitative estimate of drug-likeness (QED) is 0.428. The Kier molecular flexibility index (Phi) is 5.43. The average Bonchev–Trinajstić information content (AvgIpc) is 3.34. The summed E-state index contributed by atoms with van der Waals surface area (Å²) in [7, 11) is 1.48. The van der Waals surface area contributed by atoms with E-state index in [-0.39, 0.29) is 28.1 Å². The Balaban J connectivity index is 1.89. The number of ketones is 1. The first-order valence-corrected chi connectivity index (χ1v) is 10.2. The lowest BCUT2D eigenvalue weighted by Gasteiger charge is -2.30. The number of nitrogens with zero attached hydrogens (tertiary/aromatic N) is 1. The summed E-state index contributed by atoms with van der Waals surface area (Å²) >= 11 is 6.20. The van der Waals surface area contributed by atoms with E-state index in [1.807, 2.05) is 0 Å². The molecule has 6 nitrogen and oxygen atoms in total. The van der Waals surface area contributed by atoms with Crippen molar-refractivity contribution in [2.75, 3.05) is 7.11 Å². The molecule has 1 aliphatic heterocycles. The number of phenols is 1. The third-order valence-electron chi connectivity index (χ3n) is 5.81. The molecule has 1 saturated heterocycles. The van der Waals surface area contributed by atoms with Crippen LogP contribution in [0.2, 0.25) is 5.02 Å². The van der Waals surface area contributed by atoms with Crippen LogP contribution < -0.4 is 4.74 Å². The van der Waals surface area contributed by atoms with Gasteiger partial charge in [-0.1, -0.05) is 36.6 Å². The van der Waals surface area contributed by atoms with E-state index in [9.17, 15) is 19.8 Å². The molecule has 2 aromatic rings. The molecule has 1 unspecified atom stereocenters. The molecule has 1 atom stereocenters. The summed E-state index contributed by atoms with van der Waals surface area (Å²) in [5.41, 5.74) is 0.886. The van der Waals surface area contributed by atoms with Gasteiger partial charge in [-0.05, 0) is 48.7 Å². The highest BCUT2D eigenvalue weighted by Crippen LogP contribution is 2.44. The molecule has 2 aromatic carbocycles. The van der Waals surface area contributed by atoms with Crippen LogP contribution in [0.15, 0.2) is 48.0 Å². The summed E-state index contributed by atoms with van der Waals surface area (Å²) in [6.45, 7) is 0. The molecule has 0 aromatic heterocycles. The van der Waals surface area contributed by atoms with Crippen molar-refractivity contribution in [1.82, 2.24) is 4.90 Å². The number of Topliss-reactive ketones (excluding diaryl/α,β-unsaturated/α-hetero) is 1. The molecular formula is C23H22ClNO5. The number of amides is 1. The molecule has 1 heterocycles. The molecule has 1 aliphatic carbocycles. The van der Waals surface area contributed by atoms with Crippen molar-refractivity contribution in [2.24, 2.45) is 0 Å². The van der Waals surface area contributed by atoms with Crippen LogP contribution in [0.25, 0.3) is 5.76 Å². The van der Waals surface area contributed by atoms with E-state index in [1.54, 1.807) is 29.2 Å². The second kappa shape index (κ2) is 8.03. The lowest BCUT2D eigenvalue weighted by atomic mass is 9.94. The van der Waals surface area contributed by atoms with Gasteiger partial charge in [0.05, 0.1) is 23.7 Å². The Morgan fingerprint density at radius 2 is 1.87 bits per heavy atom. The maximum absolute atomic E-state index is 13.0. The van der Waals surface area contributed by atoms with Gasteiger partial charge in [0.1, 0.15) is 17.3 Å². The van der Waals surface area contributed by atoms with Gasteiger partial charge in [0.25, 0.3) is 11.7 Å². The first-order chi connectivity index (χ1) is 14.4. The molecule has 0 radical (unpaired) electrons. The van der Waals surface area contributed by atoms with Crippen LogP contribution in [0.1, 0.15) is 42.9 Å². The first-order valence-electron chi connectivity index (χ1n) is 9.85.